The highest BCUT2D eigenvalue weighted by Crippen LogP contribution is 2.36. The Morgan fingerprint density at radius 1 is 0.914 bits per heavy atom. The van der Waals surface area contributed by atoms with Gasteiger partial charge in [-0.05, 0) is 62.7 Å². The molecule has 0 heterocycles. The van der Waals surface area contributed by atoms with Crippen LogP contribution in [-0.4, -0.2) is 75.3 Å². The molecule has 12 heteroatoms. The normalized spacial score (nSPS) is 28.9. The molecule has 0 radical (unpaired) electrons. The molecule has 0 aromatic carbocycles. The molecule has 6 unspecified atom stereocenters. The Balaban J connectivity index is 1.68. The summed E-state index contributed by atoms with van der Waals surface area (Å²) in [5.74, 6) is -2.74. The van der Waals surface area contributed by atoms with E-state index >= 15 is 0 Å². The van der Waals surface area contributed by atoms with Crippen LogP contribution in [0.5, 0.6) is 0 Å². The quantitative estimate of drug-likeness (QED) is 0.110. The fourth-order valence-corrected chi connectivity index (χ4v) is 5.13. The Morgan fingerprint density at radius 2 is 1.71 bits per heavy atom. The zero-order chi connectivity index (χ0) is 25.6. The summed E-state index contributed by atoms with van der Waals surface area (Å²) < 4.78 is 4.85. The van der Waals surface area contributed by atoms with Crippen molar-refractivity contribution in [2.75, 3.05) is 47.1 Å². The largest absolute Gasteiger partial charge is 0.481 e. The first-order chi connectivity index (χ1) is 16.9. The Morgan fingerprint density at radius 3 is 2.40 bits per heavy atom. The number of hydrogen-bond donors (Lipinski definition) is 4. The highest BCUT2D eigenvalue weighted by molar-refractivity contribution is 5.84. The number of carbonyl (C=O) groups is 3. The van der Waals surface area contributed by atoms with E-state index in [4.69, 9.17) is 19.7 Å². The van der Waals surface area contributed by atoms with E-state index in [-0.39, 0.29) is 42.2 Å². The number of carbonyl (C=O) groups excluding carboxylic acids is 2. The third-order valence-corrected chi connectivity index (χ3v) is 7.15. The van der Waals surface area contributed by atoms with Gasteiger partial charge in [0.15, 0.2) is 0 Å². The number of nitrogens with one attached hydrogen (secondary N) is 2. The number of carboxylic acids is 1. The Kier molecular flexibility index (Phi) is 13.5. The smallest absolute Gasteiger partial charge is 0.308 e. The predicted molar refractivity (Wildman–Crippen MR) is 121 cm³/mol. The van der Waals surface area contributed by atoms with E-state index in [2.05, 4.69) is 20.6 Å². The number of rotatable bonds is 15. The highest BCUT2D eigenvalue weighted by Gasteiger charge is 2.39. The van der Waals surface area contributed by atoms with Crippen LogP contribution in [0.4, 0.5) is 0 Å². The number of ether oxygens (including phenoxy) is 1. The zero-order valence-electron chi connectivity index (χ0n) is 20.6. The molecule has 2 saturated carbocycles. The maximum atomic E-state index is 12.7. The Labute approximate surface area is 205 Å². The van der Waals surface area contributed by atoms with Crippen molar-refractivity contribution in [2.45, 2.75) is 44.9 Å². The lowest BCUT2D eigenvalue weighted by Gasteiger charge is -2.34. The van der Waals surface area contributed by atoms with Crippen LogP contribution in [0.2, 0.25) is 0 Å². The molecule has 0 aromatic rings. The number of methoxy groups -OCH3 is 1. The molecule has 0 saturated heterocycles. The monoisotopic (exact) mass is 504 g/mol. The topological polar surface area (TPSA) is 162 Å². The van der Waals surface area contributed by atoms with Crippen LogP contribution < -0.4 is 10.8 Å². The van der Waals surface area contributed by atoms with Crippen LogP contribution >= 0.6 is 0 Å². The molecule has 2 fully saturated rings. The SMILES string of the molecule is COOCC1CCC(C(=O)O)C(C(=O)NCCCNOCC2CC(C(=O)OC)CCC2COO)C1. The van der Waals surface area contributed by atoms with Gasteiger partial charge in [-0.15, -0.1) is 0 Å². The standard InChI is InChI=1S/C23H40N2O10/c1-31-23(29)16-5-6-17(14-34-30)18(11-16)13-33-25-9-3-8-24-21(26)20-10-15(12-35-32-2)4-7-19(20)22(27)28/h15-20,25,30H,3-14H2,1-2H3,(H,24,26)(H,27,28). The summed E-state index contributed by atoms with van der Waals surface area (Å²) >= 11 is 0. The average molecular weight is 505 g/mol. The molecule has 2 aliphatic rings. The first-order valence-corrected chi connectivity index (χ1v) is 12.3. The van der Waals surface area contributed by atoms with Crippen LogP contribution in [0.1, 0.15) is 44.9 Å². The van der Waals surface area contributed by atoms with Crippen LogP contribution in [-0.2, 0) is 38.6 Å². The van der Waals surface area contributed by atoms with E-state index in [1.54, 1.807) is 0 Å². The van der Waals surface area contributed by atoms with Crippen molar-refractivity contribution in [1.82, 2.24) is 10.8 Å². The zero-order valence-corrected chi connectivity index (χ0v) is 20.6. The van der Waals surface area contributed by atoms with Gasteiger partial charge in [0.25, 0.3) is 0 Å². The van der Waals surface area contributed by atoms with Gasteiger partial charge in [-0.2, -0.15) is 0 Å². The summed E-state index contributed by atoms with van der Waals surface area (Å²) in [5, 5.41) is 21.2. The van der Waals surface area contributed by atoms with Crippen molar-refractivity contribution < 1.29 is 49.0 Å². The van der Waals surface area contributed by atoms with E-state index < -0.39 is 17.8 Å². The Bertz CT molecular complexity index is 664. The second kappa shape index (κ2) is 16.0. The average Bonchev–Trinajstić information content (AvgIpc) is 2.86. The number of esters is 1. The first kappa shape index (κ1) is 29.4. The van der Waals surface area contributed by atoms with E-state index in [1.165, 1.54) is 14.2 Å². The van der Waals surface area contributed by atoms with Crippen LogP contribution in [0.25, 0.3) is 0 Å². The van der Waals surface area contributed by atoms with Gasteiger partial charge in [0.2, 0.25) is 5.91 Å². The molecule has 6 atom stereocenters. The molecule has 4 N–H and O–H groups in total. The molecule has 202 valence electrons. The van der Waals surface area contributed by atoms with Crippen molar-refractivity contribution in [3.8, 4) is 0 Å². The maximum absolute atomic E-state index is 12.7. The molecule has 1 amide bonds. The fraction of sp³-hybridized carbons (Fsp3) is 0.870. The van der Waals surface area contributed by atoms with Crippen molar-refractivity contribution in [1.29, 1.82) is 0 Å². The minimum absolute atomic E-state index is 0.0292. The number of hydrogen-bond acceptors (Lipinski definition) is 10. The van der Waals surface area contributed by atoms with Gasteiger partial charge in [-0.1, -0.05) is 0 Å². The van der Waals surface area contributed by atoms with Gasteiger partial charge in [0.05, 0.1) is 51.8 Å². The second-order valence-electron chi connectivity index (χ2n) is 9.38. The van der Waals surface area contributed by atoms with Crippen molar-refractivity contribution in [2.24, 2.45) is 35.5 Å². The van der Waals surface area contributed by atoms with Crippen LogP contribution in [0.15, 0.2) is 0 Å². The molecular weight excluding hydrogens is 464 g/mol. The van der Waals surface area contributed by atoms with Gasteiger partial charge >= 0.3 is 11.9 Å². The molecular formula is C23H40N2O10. The summed E-state index contributed by atoms with van der Waals surface area (Å²) in [4.78, 5) is 55.7. The van der Waals surface area contributed by atoms with Gasteiger partial charge in [0, 0.05) is 13.1 Å². The maximum Gasteiger partial charge on any atom is 0.308 e. The number of hydroxylamine groups is 1. The van der Waals surface area contributed by atoms with Crippen molar-refractivity contribution in [3.05, 3.63) is 0 Å². The predicted octanol–water partition coefficient (Wildman–Crippen LogP) is 1.40. The molecule has 2 aliphatic carbocycles. The summed E-state index contributed by atoms with van der Waals surface area (Å²) in [6.07, 6.45) is 4.16. The van der Waals surface area contributed by atoms with Gasteiger partial charge < -0.3 is 20.0 Å². The van der Waals surface area contributed by atoms with Crippen LogP contribution in [0.3, 0.4) is 0 Å². The van der Waals surface area contributed by atoms with E-state index in [1.807, 2.05) is 0 Å². The molecule has 0 aliphatic heterocycles. The van der Waals surface area contributed by atoms with Crippen molar-refractivity contribution in [3.63, 3.8) is 0 Å². The fourth-order valence-electron chi connectivity index (χ4n) is 5.13. The molecule has 12 nitrogen and oxygen atoms in total. The lowest BCUT2D eigenvalue weighted by Crippen LogP contribution is -2.43. The van der Waals surface area contributed by atoms with Gasteiger partial charge in [-0.25, -0.2) is 20.1 Å². The second-order valence-corrected chi connectivity index (χ2v) is 9.38. The van der Waals surface area contributed by atoms with E-state index in [0.29, 0.717) is 64.8 Å². The summed E-state index contributed by atoms with van der Waals surface area (Å²) in [6, 6.07) is 0. The lowest BCUT2D eigenvalue weighted by molar-refractivity contribution is -0.281. The first-order valence-electron chi connectivity index (χ1n) is 12.3. The molecule has 35 heavy (non-hydrogen) atoms. The summed E-state index contributed by atoms with van der Waals surface area (Å²) in [5.41, 5.74) is 2.87. The van der Waals surface area contributed by atoms with Crippen LogP contribution in [0, 0.1) is 35.5 Å². The van der Waals surface area contributed by atoms with E-state index in [9.17, 15) is 19.5 Å². The number of carboxylic acid groups (broad SMARTS) is 1. The van der Waals surface area contributed by atoms with Gasteiger partial charge in [-0.3, -0.25) is 19.6 Å². The molecule has 0 bridgehead atoms. The number of aliphatic carboxylic acids is 1. The minimum Gasteiger partial charge on any atom is -0.481 e. The Hall–Kier alpha value is -1.83. The minimum atomic E-state index is -0.951. The third-order valence-electron chi connectivity index (χ3n) is 7.15. The lowest BCUT2D eigenvalue weighted by atomic mass is 9.74. The molecule has 0 spiro atoms. The highest BCUT2D eigenvalue weighted by atomic mass is 17.2. The summed E-state index contributed by atoms with van der Waals surface area (Å²) in [6.45, 7) is 1.73. The van der Waals surface area contributed by atoms with Gasteiger partial charge in [0.1, 0.15) is 0 Å². The summed E-state index contributed by atoms with van der Waals surface area (Å²) in [7, 11) is 2.79. The third kappa shape index (κ3) is 9.62. The number of amides is 1. The molecule has 2 rings (SSSR count). The molecule has 0 aromatic heterocycles. The van der Waals surface area contributed by atoms with E-state index in [0.717, 1.165) is 6.42 Å². The van der Waals surface area contributed by atoms with Crippen molar-refractivity contribution >= 4 is 17.8 Å².